The fraction of sp³-hybridized carbons (Fsp3) is 0.533. The van der Waals surface area contributed by atoms with E-state index in [9.17, 15) is 4.79 Å². The van der Waals surface area contributed by atoms with Gasteiger partial charge in [0, 0.05) is 24.7 Å². The Morgan fingerprint density at radius 1 is 1.35 bits per heavy atom. The highest BCUT2D eigenvalue weighted by atomic mass is 16.5. The van der Waals surface area contributed by atoms with E-state index in [0.717, 1.165) is 38.2 Å². The van der Waals surface area contributed by atoms with Gasteiger partial charge in [0.2, 0.25) is 17.7 Å². The molecule has 0 aromatic carbocycles. The molecule has 0 atom stereocenters. The Balaban J connectivity index is 1.47. The third kappa shape index (κ3) is 4.10. The van der Waals surface area contributed by atoms with Crippen LogP contribution in [0.25, 0.3) is 0 Å². The van der Waals surface area contributed by atoms with E-state index in [1.807, 2.05) is 6.92 Å². The van der Waals surface area contributed by atoms with Crippen LogP contribution in [0.3, 0.4) is 0 Å². The smallest absolute Gasteiger partial charge is 0.240 e. The lowest BCUT2D eigenvalue weighted by molar-refractivity contribution is -0.121. The Kier molecular flexibility index (Phi) is 4.92. The minimum Gasteiger partial charge on any atom is -0.338 e. The van der Waals surface area contributed by atoms with Crippen molar-refractivity contribution in [1.82, 2.24) is 25.0 Å². The first-order valence-electron chi connectivity index (χ1n) is 7.86. The first-order valence-corrected chi connectivity index (χ1v) is 7.86. The van der Waals surface area contributed by atoms with Crippen molar-refractivity contribution >= 4 is 11.9 Å². The van der Waals surface area contributed by atoms with Gasteiger partial charge in [0.15, 0.2) is 5.82 Å². The molecule has 0 aliphatic carbocycles. The maximum atomic E-state index is 12.2. The molecule has 8 heteroatoms. The molecule has 0 saturated carbocycles. The van der Waals surface area contributed by atoms with Crippen molar-refractivity contribution < 1.29 is 9.32 Å². The van der Waals surface area contributed by atoms with Crippen LogP contribution in [0.1, 0.15) is 31.5 Å². The zero-order valence-corrected chi connectivity index (χ0v) is 13.1. The number of aryl methyl sites for hydroxylation is 1. The molecule has 23 heavy (non-hydrogen) atoms. The van der Waals surface area contributed by atoms with Crippen LogP contribution in [0.4, 0.5) is 5.95 Å². The summed E-state index contributed by atoms with van der Waals surface area (Å²) >= 11 is 0. The highest BCUT2D eigenvalue weighted by Crippen LogP contribution is 2.20. The molecule has 1 aliphatic heterocycles. The lowest BCUT2D eigenvalue weighted by Crippen LogP contribution is -2.38. The molecular weight excluding hydrogens is 296 g/mol. The van der Waals surface area contributed by atoms with E-state index in [1.54, 1.807) is 18.5 Å². The van der Waals surface area contributed by atoms with Gasteiger partial charge in [-0.15, -0.1) is 0 Å². The second-order valence-electron chi connectivity index (χ2n) is 5.57. The summed E-state index contributed by atoms with van der Waals surface area (Å²) in [6, 6.07) is 1.72. The van der Waals surface area contributed by atoms with Crippen molar-refractivity contribution in [3.8, 4) is 0 Å². The Hall–Kier alpha value is -2.35. The van der Waals surface area contributed by atoms with Crippen LogP contribution in [-0.2, 0) is 17.8 Å². The number of piperidine rings is 1. The Morgan fingerprint density at radius 3 is 2.74 bits per heavy atom. The number of anilines is 1. The molecule has 122 valence electrons. The van der Waals surface area contributed by atoms with Gasteiger partial charge in [-0.2, -0.15) is 4.98 Å². The number of rotatable bonds is 5. The molecule has 1 amide bonds. The Labute approximate surface area is 134 Å². The van der Waals surface area contributed by atoms with E-state index < -0.39 is 0 Å². The molecule has 0 spiro atoms. The number of amides is 1. The van der Waals surface area contributed by atoms with Crippen LogP contribution in [0.2, 0.25) is 0 Å². The van der Waals surface area contributed by atoms with Crippen molar-refractivity contribution in [3.63, 3.8) is 0 Å². The van der Waals surface area contributed by atoms with Gasteiger partial charge in [0.1, 0.15) is 0 Å². The molecule has 2 aromatic rings. The Morgan fingerprint density at radius 2 is 2.09 bits per heavy atom. The Bertz CT molecular complexity index is 636. The zero-order valence-electron chi connectivity index (χ0n) is 13.1. The average Bonchev–Trinajstić information content (AvgIpc) is 3.04. The summed E-state index contributed by atoms with van der Waals surface area (Å²) in [7, 11) is 0. The largest absolute Gasteiger partial charge is 0.338 e. The highest BCUT2D eigenvalue weighted by molar-refractivity contribution is 5.90. The molecule has 3 heterocycles. The van der Waals surface area contributed by atoms with Crippen molar-refractivity contribution in [3.05, 3.63) is 30.2 Å². The van der Waals surface area contributed by atoms with E-state index in [2.05, 4.69) is 30.3 Å². The van der Waals surface area contributed by atoms with Gasteiger partial charge in [-0.3, -0.25) is 15.0 Å². The van der Waals surface area contributed by atoms with E-state index in [-0.39, 0.29) is 11.8 Å². The van der Waals surface area contributed by atoms with Crippen LogP contribution in [0, 0.1) is 5.92 Å². The molecule has 3 rings (SSSR count). The predicted octanol–water partition coefficient (Wildman–Crippen LogP) is 1.27. The quantitative estimate of drug-likeness (QED) is 0.887. The van der Waals surface area contributed by atoms with Crippen molar-refractivity contribution in [2.75, 3.05) is 18.4 Å². The third-order valence-corrected chi connectivity index (χ3v) is 3.94. The van der Waals surface area contributed by atoms with Gasteiger partial charge < -0.3 is 4.52 Å². The van der Waals surface area contributed by atoms with E-state index >= 15 is 0 Å². The predicted molar refractivity (Wildman–Crippen MR) is 82.3 cm³/mol. The summed E-state index contributed by atoms with van der Waals surface area (Å²) in [5.41, 5.74) is 0. The summed E-state index contributed by atoms with van der Waals surface area (Å²) in [5.74, 6) is 1.71. The number of nitrogens with one attached hydrogen (secondary N) is 1. The SMILES string of the molecule is CCc1noc(CN2CCC(C(=O)Nc3ncccn3)CC2)n1. The van der Waals surface area contributed by atoms with E-state index in [4.69, 9.17) is 4.52 Å². The van der Waals surface area contributed by atoms with Crippen molar-refractivity contribution in [2.24, 2.45) is 5.92 Å². The van der Waals surface area contributed by atoms with Crippen LogP contribution >= 0.6 is 0 Å². The van der Waals surface area contributed by atoms with Crippen LogP contribution in [-0.4, -0.2) is 44.0 Å². The molecule has 1 aliphatic rings. The number of carbonyl (C=O) groups excluding carboxylic acids is 1. The second kappa shape index (κ2) is 7.28. The molecule has 1 N–H and O–H groups in total. The monoisotopic (exact) mass is 316 g/mol. The van der Waals surface area contributed by atoms with Crippen LogP contribution < -0.4 is 5.32 Å². The second-order valence-corrected chi connectivity index (χ2v) is 5.57. The molecule has 1 saturated heterocycles. The maximum Gasteiger partial charge on any atom is 0.240 e. The average molecular weight is 316 g/mol. The summed E-state index contributed by atoms with van der Waals surface area (Å²) in [4.78, 5) is 26.8. The number of likely N-dealkylation sites (tertiary alicyclic amines) is 1. The topological polar surface area (TPSA) is 97.0 Å². The lowest BCUT2D eigenvalue weighted by Gasteiger charge is -2.29. The fourth-order valence-electron chi connectivity index (χ4n) is 2.62. The molecular formula is C15H20N6O2. The molecule has 2 aromatic heterocycles. The minimum atomic E-state index is -0.0121. The lowest BCUT2D eigenvalue weighted by atomic mass is 9.96. The summed E-state index contributed by atoms with van der Waals surface area (Å²) in [6.07, 6.45) is 5.59. The fourth-order valence-corrected chi connectivity index (χ4v) is 2.62. The van der Waals surface area contributed by atoms with Gasteiger partial charge >= 0.3 is 0 Å². The van der Waals surface area contributed by atoms with Crippen LogP contribution in [0.15, 0.2) is 23.0 Å². The number of aromatic nitrogens is 4. The van der Waals surface area contributed by atoms with Gasteiger partial charge in [-0.25, -0.2) is 9.97 Å². The normalized spacial score (nSPS) is 16.4. The van der Waals surface area contributed by atoms with Gasteiger partial charge in [0.25, 0.3) is 0 Å². The number of nitrogens with zero attached hydrogens (tertiary/aromatic N) is 5. The molecule has 0 radical (unpaired) electrons. The van der Waals surface area contributed by atoms with Crippen molar-refractivity contribution in [1.29, 1.82) is 0 Å². The summed E-state index contributed by atoms with van der Waals surface area (Å²) in [5, 5.41) is 6.67. The van der Waals surface area contributed by atoms with E-state index in [0.29, 0.717) is 18.4 Å². The minimum absolute atomic E-state index is 0.0102. The molecule has 8 nitrogen and oxygen atoms in total. The number of hydrogen-bond acceptors (Lipinski definition) is 7. The standard InChI is InChI=1S/C15H20N6O2/c1-2-12-18-13(23-20-12)10-21-8-4-11(5-9-21)14(22)19-15-16-6-3-7-17-15/h3,6-7,11H,2,4-5,8-10H2,1H3,(H,16,17,19,22). The maximum absolute atomic E-state index is 12.2. The first kappa shape index (κ1) is 15.5. The van der Waals surface area contributed by atoms with Gasteiger partial charge in [-0.1, -0.05) is 12.1 Å². The molecule has 0 unspecified atom stereocenters. The number of carbonyl (C=O) groups is 1. The van der Waals surface area contributed by atoms with Crippen LogP contribution in [0.5, 0.6) is 0 Å². The first-order chi connectivity index (χ1) is 11.2. The summed E-state index contributed by atoms with van der Waals surface area (Å²) < 4.78 is 5.21. The third-order valence-electron chi connectivity index (χ3n) is 3.94. The molecule has 0 bridgehead atoms. The highest BCUT2D eigenvalue weighted by Gasteiger charge is 2.26. The van der Waals surface area contributed by atoms with Gasteiger partial charge in [-0.05, 0) is 32.0 Å². The number of hydrogen-bond donors (Lipinski definition) is 1. The zero-order chi connectivity index (χ0) is 16.1. The summed E-state index contributed by atoms with van der Waals surface area (Å²) in [6.45, 7) is 4.30. The van der Waals surface area contributed by atoms with E-state index in [1.165, 1.54) is 0 Å². The van der Waals surface area contributed by atoms with Gasteiger partial charge in [0.05, 0.1) is 6.54 Å². The van der Waals surface area contributed by atoms with Crippen molar-refractivity contribution in [2.45, 2.75) is 32.7 Å². The molecule has 1 fully saturated rings.